The van der Waals surface area contributed by atoms with E-state index in [1.54, 1.807) is 0 Å². The summed E-state index contributed by atoms with van der Waals surface area (Å²) in [4.78, 5) is 9.01. The zero-order valence-corrected chi connectivity index (χ0v) is 12.9. The number of rotatable bonds is 3. The van der Waals surface area contributed by atoms with Crippen LogP contribution in [0.25, 0.3) is 0 Å². The molecular weight excluding hydrogens is 270 g/mol. The van der Waals surface area contributed by atoms with Crippen molar-refractivity contribution < 1.29 is 5.11 Å². The predicted octanol–water partition coefficient (Wildman–Crippen LogP) is 3.39. The summed E-state index contributed by atoms with van der Waals surface area (Å²) in [6.07, 6.45) is 12.3. The number of nitrogens with zero attached hydrogens (tertiary/aromatic N) is 3. The van der Waals surface area contributed by atoms with Crippen LogP contribution in [0.2, 0.25) is 0 Å². The Morgan fingerprint density at radius 1 is 1.35 bits per heavy atom. The Hall–Kier alpha value is -0.810. The van der Waals surface area contributed by atoms with E-state index in [4.69, 9.17) is 4.99 Å². The highest BCUT2D eigenvalue weighted by Crippen LogP contribution is 2.57. The number of aliphatic hydroxyl groups excluding tert-OH is 1. The lowest BCUT2D eigenvalue weighted by Gasteiger charge is -2.42. The first kappa shape index (κ1) is 12.9. The summed E-state index contributed by atoms with van der Waals surface area (Å²) in [6, 6.07) is 0. The van der Waals surface area contributed by atoms with Gasteiger partial charge in [-0.3, -0.25) is 3.97 Å². The maximum absolute atomic E-state index is 11.1. The number of aliphatic imine (C=N–C) groups is 1. The first-order valence-electron chi connectivity index (χ1n) is 7.78. The van der Waals surface area contributed by atoms with Crippen molar-refractivity contribution in [1.82, 2.24) is 8.96 Å². The molecule has 2 heterocycles. The van der Waals surface area contributed by atoms with E-state index >= 15 is 0 Å². The fraction of sp³-hybridized carbons (Fsp3) is 0.733. The Morgan fingerprint density at radius 3 is 2.80 bits per heavy atom. The number of fused-ring (bicyclic) bond motifs is 1. The molecule has 0 aromatic carbocycles. The van der Waals surface area contributed by atoms with Crippen LogP contribution in [0.4, 0.5) is 5.82 Å². The van der Waals surface area contributed by atoms with Crippen molar-refractivity contribution in [2.24, 2.45) is 16.3 Å². The maximum atomic E-state index is 11.1. The Kier molecular flexibility index (Phi) is 2.96. The van der Waals surface area contributed by atoms with Crippen LogP contribution in [0.1, 0.15) is 51.9 Å². The zero-order valence-electron chi connectivity index (χ0n) is 12.0. The molecule has 2 atom stereocenters. The number of aliphatic hydroxyl groups is 1. The molecule has 1 aromatic heterocycles. The number of thiol groups is 1. The minimum atomic E-state index is -0.737. The van der Waals surface area contributed by atoms with Gasteiger partial charge in [0, 0.05) is 11.3 Å². The minimum absolute atomic E-state index is 0.0610. The summed E-state index contributed by atoms with van der Waals surface area (Å²) in [5.41, 5.74) is -0.210. The maximum Gasteiger partial charge on any atom is 0.162 e. The van der Waals surface area contributed by atoms with Crippen LogP contribution in [-0.4, -0.2) is 24.5 Å². The fourth-order valence-electron chi connectivity index (χ4n) is 3.58. The standard InChI is InChI=1S/C15H23N3OS/c1-15(7-3-2-4-8-15)14(19)20-13(11-5-6-11)17-12-9-16-10-18(12)20/h9-11,14,19-20H,2-8H2,1H3. The van der Waals surface area contributed by atoms with Gasteiger partial charge >= 0.3 is 0 Å². The second-order valence-electron chi connectivity index (χ2n) is 6.77. The van der Waals surface area contributed by atoms with E-state index < -0.39 is 11.1 Å². The lowest BCUT2D eigenvalue weighted by molar-refractivity contribution is 0.0722. The highest BCUT2D eigenvalue weighted by molar-refractivity contribution is 8.29. The van der Waals surface area contributed by atoms with Gasteiger partial charge < -0.3 is 5.11 Å². The molecular formula is C15H23N3OS. The summed E-state index contributed by atoms with van der Waals surface area (Å²) in [5.74, 6) is 1.58. The van der Waals surface area contributed by atoms with Crippen molar-refractivity contribution >= 4 is 21.9 Å². The Labute approximate surface area is 122 Å². The summed E-state index contributed by atoms with van der Waals surface area (Å²) in [5, 5.41) is 12.4. The van der Waals surface area contributed by atoms with Crippen molar-refractivity contribution in [2.75, 3.05) is 0 Å². The van der Waals surface area contributed by atoms with Crippen LogP contribution < -0.4 is 0 Å². The van der Waals surface area contributed by atoms with E-state index in [9.17, 15) is 5.11 Å². The van der Waals surface area contributed by atoms with Gasteiger partial charge in [0.25, 0.3) is 0 Å². The fourth-order valence-corrected chi connectivity index (χ4v) is 6.46. The van der Waals surface area contributed by atoms with Gasteiger partial charge in [-0.1, -0.05) is 26.2 Å². The molecule has 4 rings (SSSR count). The van der Waals surface area contributed by atoms with Crippen molar-refractivity contribution in [2.45, 2.75) is 57.3 Å². The van der Waals surface area contributed by atoms with E-state index in [-0.39, 0.29) is 10.9 Å². The lowest BCUT2D eigenvalue weighted by atomic mass is 9.76. The van der Waals surface area contributed by atoms with Gasteiger partial charge in [0.2, 0.25) is 0 Å². The van der Waals surface area contributed by atoms with E-state index in [0.29, 0.717) is 5.92 Å². The molecule has 0 radical (unpaired) electrons. The summed E-state index contributed by atoms with van der Waals surface area (Å²) in [7, 11) is 0. The Morgan fingerprint density at radius 2 is 2.10 bits per heavy atom. The van der Waals surface area contributed by atoms with Gasteiger partial charge in [-0.25, -0.2) is 9.98 Å². The second kappa shape index (κ2) is 4.60. The predicted molar refractivity (Wildman–Crippen MR) is 83.6 cm³/mol. The molecule has 2 saturated carbocycles. The molecule has 1 aliphatic heterocycles. The average molecular weight is 293 g/mol. The Bertz CT molecular complexity index is 543. The van der Waals surface area contributed by atoms with Crippen LogP contribution in [0, 0.1) is 11.3 Å². The normalized spacial score (nSPS) is 31.7. The van der Waals surface area contributed by atoms with Crippen LogP contribution >= 0.6 is 11.1 Å². The number of imidazole rings is 1. The number of hydrogen-bond donors (Lipinski definition) is 2. The van der Waals surface area contributed by atoms with E-state index in [1.165, 1.54) is 37.1 Å². The molecule has 2 unspecified atom stereocenters. The molecule has 5 heteroatoms. The topological polar surface area (TPSA) is 50.4 Å². The molecule has 110 valence electrons. The largest absolute Gasteiger partial charge is 0.382 e. The van der Waals surface area contributed by atoms with Crippen LogP contribution in [0.3, 0.4) is 0 Å². The molecule has 0 saturated heterocycles. The van der Waals surface area contributed by atoms with E-state index in [1.807, 2.05) is 12.5 Å². The monoisotopic (exact) mass is 293 g/mol. The number of aromatic nitrogens is 2. The van der Waals surface area contributed by atoms with Gasteiger partial charge in [-0.15, -0.1) is 11.1 Å². The summed E-state index contributed by atoms with van der Waals surface area (Å²) >= 11 is -0.737. The van der Waals surface area contributed by atoms with Crippen molar-refractivity contribution in [3.05, 3.63) is 12.5 Å². The second-order valence-corrected chi connectivity index (χ2v) is 8.84. The van der Waals surface area contributed by atoms with Crippen molar-refractivity contribution in [3.8, 4) is 0 Å². The van der Waals surface area contributed by atoms with Gasteiger partial charge in [-0.2, -0.15) is 0 Å². The van der Waals surface area contributed by atoms with Crippen molar-refractivity contribution in [1.29, 1.82) is 0 Å². The number of hydrogen-bond acceptors (Lipinski definition) is 3. The first-order chi connectivity index (χ1) is 9.69. The summed E-state index contributed by atoms with van der Waals surface area (Å²) in [6.45, 7) is 2.28. The quantitative estimate of drug-likeness (QED) is 0.839. The third kappa shape index (κ3) is 1.94. The average Bonchev–Trinajstić information content (AvgIpc) is 3.08. The third-order valence-corrected chi connectivity index (χ3v) is 7.88. The smallest absolute Gasteiger partial charge is 0.162 e. The highest BCUT2D eigenvalue weighted by atomic mass is 32.2. The molecule has 0 amide bonds. The lowest BCUT2D eigenvalue weighted by Crippen LogP contribution is -2.36. The van der Waals surface area contributed by atoms with Gasteiger partial charge in [0.1, 0.15) is 11.8 Å². The molecule has 3 aliphatic rings. The molecule has 4 nitrogen and oxygen atoms in total. The molecule has 1 aromatic rings. The van der Waals surface area contributed by atoms with Crippen LogP contribution in [0.15, 0.2) is 17.5 Å². The van der Waals surface area contributed by atoms with E-state index in [2.05, 4.69) is 15.9 Å². The van der Waals surface area contributed by atoms with Gasteiger partial charge in [0.05, 0.1) is 11.2 Å². The molecule has 2 fully saturated rings. The third-order valence-electron chi connectivity index (χ3n) is 5.09. The van der Waals surface area contributed by atoms with Crippen LogP contribution in [0.5, 0.6) is 0 Å². The molecule has 1 N–H and O–H groups in total. The Balaban J connectivity index is 1.67. The van der Waals surface area contributed by atoms with Gasteiger partial charge in [-0.05, 0) is 25.7 Å². The molecule has 20 heavy (non-hydrogen) atoms. The minimum Gasteiger partial charge on any atom is -0.382 e. The highest BCUT2D eigenvalue weighted by Gasteiger charge is 2.45. The molecule has 2 aliphatic carbocycles. The van der Waals surface area contributed by atoms with E-state index in [0.717, 1.165) is 18.7 Å². The SMILES string of the molecule is CC1(C(O)[SH]2C(C3CC3)=Nc3cncn32)CCCCC1. The van der Waals surface area contributed by atoms with Crippen molar-refractivity contribution in [3.63, 3.8) is 0 Å². The first-order valence-corrected chi connectivity index (χ1v) is 9.14. The molecule has 0 bridgehead atoms. The van der Waals surface area contributed by atoms with Gasteiger partial charge in [0.15, 0.2) is 5.82 Å². The summed E-state index contributed by atoms with van der Waals surface area (Å²) < 4.78 is 2.16. The van der Waals surface area contributed by atoms with Crippen LogP contribution in [-0.2, 0) is 0 Å². The molecule has 0 spiro atoms. The zero-order chi connectivity index (χ0) is 13.7.